The lowest BCUT2D eigenvalue weighted by atomic mass is 10.2. The van der Waals surface area contributed by atoms with Crippen LogP contribution in [0.15, 0.2) is 42.5 Å². The first kappa shape index (κ1) is 11.7. The SMILES string of the molecule is Oc1ccc(OCc2c(F)cccc2Cl)cc1. The van der Waals surface area contributed by atoms with E-state index in [9.17, 15) is 4.39 Å². The zero-order valence-corrected chi connectivity index (χ0v) is 9.62. The van der Waals surface area contributed by atoms with Crippen LogP contribution in [0, 0.1) is 5.82 Å². The van der Waals surface area contributed by atoms with Crippen LogP contribution in [0.2, 0.25) is 5.02 Å². The fourth-order valence-corrected chi connectivity index (χ4v) is 1.59. The van der Waals surface area contributed by atoms with Gasteiger partial charge in [-0.15, -0.1) is 0 Å². The van der Waals surface area contributed by atoms with Crippen molar-refractivity contribution in [3.8, 4) is 11.5 Å². The van der Waals surface area contributed by atoms with Crippen LogP contribution in [0.25, 0.3) is 0 Å². The summed E-state index contributed by atoms with van der Waals surface area (Å²) < 4.78 is 18.8. The van der Waals surface area contributed by atoms with Gasteiger partial charge in [-0.3, -0.25) is 0 Å². The summed E-state index contributed by atoms with van der Waals surface area (Å²) in [6.07, 6.45) is 0. The number of hydrogen-bond donors (Lipinski definition) is 1. The molecule has 0 spiro atoms. The molecular formula is C13H10ClFO2. The average Bonchev–Trinajstić information content (AvgIpc) is 2.31. The highest BCUT2D eigenvalue weighted by Gasteiger charge is 2.07. The van der Waals surface area contributed by atoms with Crippen molar-refractivity contribution < 1.29 is 14.2 Å². The molecule has 2 aromatic rings. The minimum Gasteiger partial charge on any atom is -0.508 e. The predicted octanol–water partition coefficient (Wildman–Crippen LogP) is 3.76. The van der Waals surface area contributed by atoms with Crippen molar-refractivity contribution in [2.45, 2.75) is 6.61 Å². The van der Waals surface area contributed by atoms with Crippen LogP contribution in [0.1, 0.15) is 5.56 Å². The number of aromatic hydroxyl groups is 1. The maximum atomic E-state index is 13.4. The lowest BCUT2D eigenvalue weighted by Gasteiger charge is -2.08. The Labute approximate surface area is 103 Å². The normalized spacial score (nSPS) is 10.2. The van der Waals surface area contributed by atoms with Crippen molar-refractivity contribution in [3.63, 3.8) is 0 Å². The van der Waals surface area contributed by atoms with Crippen LogP contribution in [0.4, 0.5) is 4.39 Å². The zero-order chi connectivity index (χ0) is 12.3. The molecule has 0 aliphatic heterocycles. The molecule has 2 nitrogen and oxygen atoms in total. The molecule has 1 N–H and O–H groups in total. The molecule has 0 atom stereocenters. The Morgan fingerprint density at radius 2 is 1.82 bits per heavy atom. The third-order valence-corrected chi connectivity index (χ3v) is 2.64. The highest BCUT2D eigenvalue weighted by atomic mass is 35.5. The number of hydrogen-bond acceptors (Lipinski definition) is 2. The van der Waals surface area contributed by atoms with Gasteiger partial charge in [0.15, 0.2) is 0 Å². The molecule has 0 aliphatic rings. The fraction of sp³-hybridized carbons (Fsp3) is 0.0769. The minimum atomic E-state index is -0.392. The Hall–Kier alpha value is -1.74. The lowest BCUT2D eigenvalue weighted by molar-refractivity contribution is 0.299. The van der Waals surface area contributed by atoms with Crippen LogP contribution < -0.4 is 4.74 Å². The van der Waals surface area contributed by atoms with E-state index < -0.39 is 5.82 Å². The van der Waals surface area contributed by atoms with Crippen LogP contribution >= 0.6 is 11.6 Å². The van der Waals surface area contributed by atoms with Gasteiger partial charge in [-0.2, -0.15) is 0 Å². The first-order chi connectivity index (χ1) is 8.16. The average molecular weight is 253 g/mol. The number of benzene rings is 2. The maximum absolute atomic E-state index is 13.4. The van der Waals surface area contributed by atoms with Gasteiger partial charge < -0.3 is 9.84 Å². The van der Waals surface area contributed by atoms with Crippen molar-refractivity contribution in [2.24, 2.45) is 0 Å². The van der Waals surface area contributed by atoms with Crippen molar-refractivity contribution in [1.82, 2.24) is 0 Å². The zero-order valence-electron chi connectivity index (χ0n) is 8.86. The smallest absolute Gasteiger partial charge is 0.131 e. The van der Waals surface area contributed by atoms with Gasteiger partial charge in [-0.25, -0.2) is 4.39 Å². The topological polar surface area (TPSA) is 29.5 Å². The van der Waals surface area contributed by atoms with Gasteiger partial charge in [0.05, 0.1) is 5.02 Å². The van der Waals surface area contributed by atoms with E-state index in [1.54, 1.807) is 24.3 Å². The molecule has 4 heteroatoms. The van der Waals surface area contributed by atoms with Crippen molar-refractivity contribution in [1.29, 1.82) is 0 Å². The summed E-state index contributed by atoms with van der Waals surface area (Å²) in [4.78, 5) is 0. The molecule has 0 aromatic heterocycles. The van der Waals surface area contributed by atoms with Crippen molar-refractivity contribution in [2.75, 3.05) is 0 Å². The van der Waals surface area contributed by atoms with E-state index >= 15 is 0 Å². The van der Waals surface area contributed by atoms with E-state index in [4.69, 9.17) is 21.4 Å². The molecule has 0 aliphatic carbocycles. The van der Waals surface area contributed by atoms with Gasteiger partial charge in [-0.1, -0.05) is 17.7 Å². The minimum absolute atomic E-state index is 0.0519. The fourth-order valence-electron chi connectivity index (χ4n) is 1.37. The van der Waals surface area contributed by atoms with Gasteiger partial charge in [0.1, 0.15) is 23.9 Å². The summed E-state index contributed by atoms with van der Waals surface area (Å²) in [6.45, 7) is 0.0519. The molecule has 88 valence electrons. The van der Waals surface area contributed by atoms with Gasteiger partial charge in [0.25, 0.3) is 0 Å². The number of rotatable bonds is 3. The third-order valence-electron chi connectivity index (χ3n) is 2.28. The molecular weight excluding hydrogens is 243 g/mol. The standard InChI is InChI=1S/C13H10ClFO2/c14-12-2-1-3-13(15)11(12)8-17-10-6-4-9(16)5-7-10/h1-7,16H,8H2. The number of phenols is 1. The molecule has 2 aromatic carbocycles. The van der Waals surface area contributed by atoms with Crippen LogP contribution in [0.3, 0.4) is 0 Å². The van der Waals surface area contributed by atoms with Crippen molar-refractivity contribution in [3.05, 3.63) is 58.9 Å². The van der Waals surface area contributed by atoms with E-state index in [0.717, 1.165) is 0 Å². The number of halogens is 2. The summed E-state index contributed by atoms with van der Waals surface area (Å²) >= 11 is 5.86. The van der Waals surface area contributed by atoms with Crippen LogP contribution in [0.5, 0.6) is 11.5 Å². The second-order valence-electron chi connectivity index (χ2n) is 3.48. The molecule has 2 rings (SSSR count). The summed E-state index contributed by atoms with van der Waals surface area (Å²) in [6, 6.07) is 10.7. The molecule has 0 heterocycles. The van der Waals surface area contributed by atoms with E-state index in [1.165, 1.54) is 18.2 Å². The molecule has 0 saturated heterocycles. The van der Waals surface area contributed by atoms with Crippen LogP contribution in [-0.4, -0.2) is 5.11 Å². The number of phenolic OH excluding ortho intramolecular Hbond substituents is 1. The highest BCUT2D eigenvalue weighted by molar-refractivity contribution is 6.31. The summed E-state index contributed by atoms with van der Waals surface area (Å²) in [5.41, 5.74) is 0.322. The largest absolute Gasteiger partial charge is 0.508 e. The van der Waals surface area contributed by atoms with Crippen LogP contribution in [-0.2, 0) is 6.61 Å². The quantitative estimate of drug-likeness (QED) is 0.901. The second kappa shape index (κ2) is 5.06. The van der Waals surface area contributed by atoms with Gasteiger partial charge in [0, 0.05) is 5.56 Å². The monoisotopic (exact) mass is 252 g/mol. The molecule has 17 heavy (non-hydrogen) atoms. The Morgan fingerprint density at radius 3 is 2.47 bits per heavy atom. The summed E-state index contributed by atoms with van der Waals surface area (Å²) in [5.74, 6) is 0.305. The first-order valence-electron chi connectivity index (χ1n) is 5.01. The maximum Gasteiger partial charge on any atom is 0.131 e. The first-order valence-corrected chi connectivity index (χ1v) is 5.39. The Kier molecular flexibility index (Phi) is 3.49. The third kappa shape index (κ3) is 2.88. The van der Waals surface area contributed by atoms with E-state index in [0.29, 0.717) is 16.3 Å². The second-order valence-corrected chi connectivity index (χ2v) is 3.89. The Balaban J connectivity index is 2.10. The van der Waals surface area contributed by atoms with Gasteiger partial charge in [0.2, 0.25) is 0 Å². The summed E-state index contributed by atoms with van der Waals surface area (Å²) in [7, 11) is 0. The Morgan fingerprint density at radius 1 is 1.12 bits per heavy atom. The van der Waals surface area contributed by atoms with E-state index in [1.807, 2.05) is 0 Å². The van der Waals surface area contributed by atoms with E-state index in [2.05, 4.69) is 0 Å². The van der Waals surface area contributed by atoms with Gasteiger partial charge in [-0.05, 0) is 36.4 Å². The van der Waals surface area contributed by atoms with Crippen molar-refractivity contribution >= 4 is 11.6 Å². The molecule has 0 saturated carbocycles. The Bertz CT molecular complexity index is 491. The predicted molar refractivity (Wildman–Crippen MR) is 63.8 cm³/mol. The molecule has 0 bridgehead atoms. The van der Waals surface area contributed by atoms with Gasteiger partial charge >= 0.3 is 0 Å². The molecule has 0 unspecified atom stereocenters. The molecule has 0 radical (unpaired) electrons. The highest BCUT2D eigenvalue weighted by Crippen LogP contribution is 2.22. The molecule has 0 fully saturated rings. The number of ether oxygens (including phenoxy) is 1. The van der Waals surface area contributed by atoms with E-state index in [-0.39, 0.29) is 12.4 Å². The molecule has 0 amide bonds. The lowest BCUT2D eigenvalue weighted by Crippen LogP contribution is -1.99. The summed E-state index contributed by atoms with van der Waals surface area (Å²) in [5, 5.41) is 9.43.